The summed E-state index contributed by atoms with van der Waals surface area (Å²) in [6, 6.07) is 13.1. The van der Waals surface area contributed by atoms with E-state index in [1.807, 2.05) is 42.5 Å². The van der Waals surface area contributed by atoms with Crippen LogP contribution in [0.3, 0.4) is 0 Å². The zero-order valence-electron chi connectivity index (χ0n) is 18.3. The molecule has 4 rings (SSSR count). The highest BCUT2D eigenvalue weighted by Crippen LogP contribution is 2.33. The molecule has 0 aliphatic heterocycles. The summed E-state index contributed by atoms with van der Waals surface area (Å²) in [5, 5.41) is 6.51. The standard InChI is InChI=1S/C24H26ClN7O/c1-28-24-30-14-12-20(32-24)19-7-4-13-29-23(19)33-16-10-8-15(9-11-16)31-22(27)18-6-3-2-5-17(18)21(25)26/h4,7-14,31H,2-3,5-6,26-27H2,1H3,(H,28,30,32)/b21-17-,22-18+. The Hall–Kier alpha value is -3.78. The highest BCUT2D eigenvalue weighted by Gasteiger charge is 2.18. The Morgan fingerprint density at radius 1 is 0.970 bits per heavy atom. The quantitative estimate of drug-likeness (QED) is 0.379. The lowest BCUT2D eigenvalue weighted by molar-refractivity contribution is 0.465. The Morgan fingerprint density at radius 3 is 2.45 bits per heavy atom. The number of nitrogens with one attached hydrogen (secondary N) is 2. The first-order chi connectivity index (χ1) is 16.0. The first-order valence-corrected chi connectivity index (χ1v) is 11.1. The summed E-state index contributed by atoms with van der Waals surface area (Å²) >= 11 is 6.08. The number of hydrogen-bond acceptors (Lipinski definition) is 8. The molecular formula is C24H26ClN7O. The second-order valence-electron chi connectivity index (χ2n) is 7.55. The van der Waals surface area contributed by atoms with Crippen LogP contribution in [0.2, 0.25) is 0 Å². The highest BCUT2D eigenvalue weighted by molar-refractivity contribution is 6.29. The van der Waals surface area contributed by atoms with E-state index in [1.54, 1.807) is 19.4 Å². The summed E-state index contributed by atoms with van der Waals surface area (Å²) in [5.41, 5.74) is 16.4. The van der Waals surface area contributed by atoms with E-state index in [0.717, 1.165) is 48.1 Å². The van der Waals surface area contributed by atoms with Crippen molar-refractivity contribution in [1.29, 1.82) is 0 Å². The monoisotopic (exact) mass is 463 g/mol. The third-order valence-corrected chi connectivity index (χ3v) is 5.58. The second kappa shape index (κ2) is 10.2. The fourth-order valence-electron chi connectivity index (χ4n) is 3.71. The number of halogens is 1. The topological polar surface area (TPSA) is 124 Å². The van der Waals surface area contributed by atoms with Crippen LogP contribution in [0.5, 0.6) is 11.6 Å². The van der Waals surface area contributed by atoms with Gasteiger partial charge in [0, 0.05) is 25.1 Å². The van der Waals surface area contributed by atoms with Crippen LogP contribution in [-0.2, 0) is 0 Å². The van der Waals surface area contributed by atoms with Crippen molar-refractivity contribution in [3.63, 3.8) is 0 Å². The molecule has 9 heteroatoms. The van der Waals surface area contributed by atoms with Crippen LogP contribution in [0.1, 0.15) is 25.7 Å². The molecule has 0 unspecified atom stereocenters. The van der Waals surface area contributed by atoms with E-state index in [0.29, 0.717) is 34.2 Å². The van der Waals surface area contributed by atoms with Crippen LogP contribution < -0.4 is 26.8 Å². The van der Waals surface area contributed by atoms with Gasteiger partial charge in [0.1, 0.15) is 16.7 Å². The summed E-state index contributed by atoms with van der Waals surface area (Å²) in [6.45, 7) is 0. The van der Waals surface area contributed by atoms with Gasteiger partial charge in [0.25, 0.3) is 0 Å². The Kier molecular flexibility index (Phi) is 6.95. The Morgan fingerprint density at radius 2 is 1.73 bits per heavy atom. The maximum atomic E-state index is 6.34. The molecule has 2 aromatic heterocycles. The summed E-state index contributed by atoms with van der Waals surface area (Å²) in [7, 11) is 1.77. The average molecular weight is 464 g/mol. The number of ether oxygens (including phenoxy) is 1. The summed E-state index contributed by atoms with van der Waals surface area (Å²) < 4.78 is 6.06. The number of aromatic nitrogens is 3. The number of hydrogen-bond donors (Lipinski definition) is 4. The van der Waals surface area contributed by atoms with E-state index < -0.39 is 0 Å². The predicted molar refractivity (Wildman–Crippen MR) is 132 cm³/mol. The van der Waals surface area contributed by atoms with Crippen molar-refractivity contribution in [1.82, 2.24) is 15.0 Å². The SMILES string of the molecule is CNc1nccc(-c2cccnc2Oc2ccc(N/C(N)=C3\CCCC\C3=C(\N)Cl)cc2)n1. The second-order valence-corrected chi connectivity index (χ2v) is 7.96. The van der Waals surface area contributed by atoms with Crippen molar-refractivity contribution < 1.29 is 4.74 Å². The third kappa shape index (κ3) is 5.35. The minimum atomic E-state index is 0.315. The van der Waals surface area contributed by atoms with Gasteiger partial charge in [-0.2, -0.15) is 0 Å². The van der Waals surface area contributed by atoms with E-state index in [4.69, 9.17) is 27.8 Å². The number of anilines is 2. The van der Waals surface area contributed by atoms with Gasteiger partial charge in [-0.05, 0) is 79.3 Å². The lowest BCUT2D eigenvalue weighted by atomic mass is 9.90. The molecule has 0 radical (unpaired) electrons. The Labute approximate surface area is 197 Å². The normalized spacial score (nSPS) is 16.7. The number of pyridine rings is 1. The van der Waals surface area contributed by atoms with E-state index in [-0.39, 0.29) is 0 Å². The number of allylic oxidation sites excluding steroid dienone is 2. The minimum absolute atomic E-state index is 0.315. The van der Waals surface area contributed by atoms with Gasteiger partial charge >= 0.3 is 0 Å². The lowest BCUT2D eigenvalue weighted by Gasteiger charge is -2.21. The number of benzene rings is 1. The number of nitrogens with two attached hydrogens (primary N) is 2. The molecule has 0 atom stereocenters. The van der Waals surface area contributed by atoms with Crippen molar-refractivity contribution in [2.24, 2.45) is 11.5 Å². The Balaban J connectivity index is 1.52. The maximum Gasteiger partial charge on any atom is 0.228 e. The zero-order chi connectivity index (χ0) is 23.2. The van der Waals surface area contributed by atoms with Crippen molar-refractivity contribution in [3.05, 3.63) is 77.0 Å². The van der Waals surface area contributed by atoms with Gasteiger partial charge in [-0.15, -0.1) is 0 Å². The molecular weight excluding hydrogens is 438 g/mol. The summed E-state index contributed by atoms with van der Waals surface area (Å²) in [4.78, 5) is 13.0. The van der Waals surface area contributed by atoms with Crippen LogP contribution in [0.25, 0.3) is 11.3 Å². The molecule has 170 valence electrons. The van der Waals surface area contributed by atoms with Crippen molar-refractivity contribution >= 4 is 23.2 Å². The van der Waals surface area contributed by atoms with Crippen LogP contribution in [0.4, 0.5) is 11.6 Å². The average Bonchev–Trinajstić information content (AvgIpc) is 2.85. The van der Waals surface area contributed by atoms with E-state index in [9.17, 15) is 0 Å². The van der Waals surface area contributed by atoms with Gasteiger partial charge in [0.05, 0.1) is 11.3 Å². The molecule has 1 saturated carbocycles. The molecule has 8 nitrogen and oxygen atoms in total. The molecule has 0 saturated heterocycles. The first-order valence-electron chi connectivity index (χ1n) is 10.7. The summed E-state index contributed by atoms with van der Waals surface area (Å²) in [5.74, 6) is 2.18. The van der Waals surface area contributed by atoms with Gasteiger partial charge in [-0.1, -0.05) is 11.6 Å². The van der Waals surface area contributed by atoms with Crippen LogP contribution in [0, 0.1) is 0 Å². The van der Waals surface area contributed by atoms with Gasteiger partial charge in [-0.25, -0.2) is 15.0 Å². The van der Waals surface area contributed by atoms with Gasteiger partial charge in [-0.3, -0.25) is 0 Å². The third-order valence-electron chi connectivity index (χ3n) is 5.36. The van der Waals surface area contributed by atoms with E-state index in [1.165, 1.54) is 0 Å². The number of rotatable bonds is 6. The molecule has 6 N–H and O–H groups in total. The molecule has 0 spiro atoms. The molecule has 0 amide bonds. The van der Waals surface area contributed by atoms with Crippen molar-refractivity contribution in [2.45, 2.75) is 25.7 Å². The molecule has 1 fully saturated rings. The van der Waals surface area contributed by atoms with Crippen LogP contribution in [-0.4, -0.2) is 22.0 Å². The summed E-state index contributed by atoms with van der Waals surface area (Å²) in [6.07, 6.45) is 7.19. The molecule has 0 bridgehead atoms. The minimum Gasteiger partial charge on any atom is -0.438 e. The Bertz CT molecular complexity index is 1190. The van der Waals surface area contributed by atoms with Gasteiger partial charge in [0.2, 0.25) is 11.8 Å². The maximum absolute atomic E-state index is 6.34. The highest BCUT2D eigenvalue weighted by atomic mass is 35.5. The van der Waals surface area contributed by atoms with E-state index >= 15 is 0 Å². The lowest BCUT2D eigenvalue weighted by Crippen LogP contribution is -2.17. The van der Waals surface area contributed by atoms with Gasteiger partial charge < -0.3 is 26.8 Å². The zero-order valence-corrected chi connectivity index (χ0v) is 19.1. The molecule has 3 aromatic rings. The smallest absolute Gasteiger partial charge is 0.228 e. The van der Waals surface area contributed by atoms with Gasteiger partial charge in [0.15, 0.2) is 0 Å². The fourth-order valence-corrected chi connectivity index (χ4v) is 3.92. The van der Waals surface area contributed by atoms with Crippen molar-refractivity contribution in [2.75, 3.05) is 17.7 Å². The van der Waals surface area contributed by atoms with E-state index in [2.05, 4.69) is 25.6 Å². The molecule has 1 aliphatic carbocycles. The first kappa shape index (κ1) is 22.4. The fraction of sp³-hybridized carbons (Fsp3) is 0.208. The number of nitrogens with zero attached hydrogens (tertiary/aromatic N) is 3. The van der Waals surface area contributed by atoms with Crippen molar-refractivity contribution in [3.8, 4) is 22.9 Å². The molecule has 33 heavy (non-hydrogen) atoms. The molecule has 2 heterocycles. The largest absolute Gasteiger partial charge is 0.438 e. The molecule has 1 aromatic carbocycles. The van der Waals surface area contributed by atoms with Crippen LogP contribution >= 0.6 is 11.6 Å². The van der Waals surface area contributed by atoms with Crippen LogP contribution in [0.15, 0.2) is 77.0 Å². The molecule has 1 aliphatic rings. The predicted octanol–water partition coefficient (Wildman–Crippen LogP) is 4.94.